The van der Waals surface area contributed by atoms with Crippen LogP contribution < -0.4 is 0 Å². The van der Waals surface area contributed by atoms with Crippen LogP contribution in [0.25, 0.3) is 113 Å². The van der Waals surface area contributed by atoms with Crippen molar-refractivity contribution in [1.82, 2.24) is 19.5 Å². The van der Waals surface area contributed by atoms with Gasteiger partial charge in [0.1, 0.15) is 0 Å². The molecule has 0 aliphatic carbocycles. The van der Waals surface area contributed by atoms with E-state index in [9.17, 15) is 0 Å². The number of thiophene rings is 2. The summed E-state index contributed by atoms with van der Waals surface area (Å²) in [6, 6.07) is 64.9. The fraction of sp³-hybridized carbons (Fsp3) is 0. The molecule has 0 fully saturated rings. The maximum atomic E-state index is 5.31. The molecule has 0 spiro atoms. The van der Waals surface area contributed by atoms with Crippen molar-refractivity contribution in [2.75, 3.05) is 0 Å². The van der Waals surface area contributed by atoms with Crippen molar-refractivity contribution in [1.29, 1.82) is 0 Å². The molecule has 57 heavy (non-hydrogen) atoms. The Hall–Kier alpha value is -6.99. The smallest absolute Gasteiger partial charge is 0.165 e. The number of para-hydroxylation sites is 1. The molecule has 12 rings (SSSR count). The van der Waals surface area contributed by atoms with Gasteiger partial charge in [0, 0.05) is 73.4 Å². The molecule has 4 heterocycles. The van der Waals surface area contributed by atoms with Gasteiger partial charge in [-0.25, -0.2) is 15.0 Å². The minimum Gasteiger partial charge on any atom is -0.309 e. The lowest BCUT2D eigenvalue weighted by Gasteiger charge is -2.16. The van der Waals surface area contributed by atoms with Crippen LogP contribution in [-0.2, 0) is 0 Å². The number of fused-ring (bicyclic) bond motifs is 9. The molecule has 0 saturated heterocycles. The van der Waals surface area contributed by atoms with Gasteiger partial charge in [0.05, 0.1) is 16.7 Å². The average molecular weight is 763 g/mol. The normalized spacial score (nSPS) is 11.9. The standard InChI is InChI=1S/C51H30N4S2/c1-3-14-31(15-4-1)34-27-26-33(28-43(34)55-42-23-10-7-18-35(42)40-30-47-41(29-44(40)55)37-20-9-11-24-45(37)56-47)50-52-49(32-16-5-2-6-17-32)53-51(54-50)39-22-13-21-38-36-19-8-12-25-46(36)57-48(38)39/h1-30H. The highest BCUT2D eigenvalue weighted by atomic mass is 32.1. The third-order valence-electron chi connectivity index (χ3n) is 11.1. The minimum absolute atomic E-state index is 0.629. The molecular weight excluding hydrogens is 733 g/mol. The van der Waals surface area contributed by atoms with E-state index in [4.69, 9.17) is 15.0 Å². The largest absolute Gasteiger partial charge is 0.309 e. The molecular formula is C51H30N4S2. The molecule has 266 valence electrons. The minimum atomic E-state index is 0.629. The average Bonchev–Trinajstić information content (AvgIpc) is 3.95. The van der Waals surface area contributed by atoms with Crippen molar-refractivity contribution < 1.29 is 0 Å². The first-order chi connectivity index (χ1) is 28.2. The Balaban J connectivity index is 1.14. The summed E-state index contributed by atoms with van der Waals surface area (Å²) in [7, 11) is 0. The first-order valence-corrected chi connectivity index (χ1v) is 20.7. The highest BCUT2D eigenvalue weighted by Gasteiger charge is 2.21. The fourth-order valence-electron chi connectivity index (χ4n) is 8.43. The Morgan fingerprint density at radius 2 is 0.947 bits per heavy atom. The predicted molar refractivity (Wildman–Crippen MR) is 242 cm³/mol. The van der Waals surface area contributed by atoms with Gasteiger partial charge in [-0.05, 0) is 48.0 Å². The molecule has 0 N–H and O–H groups in total. The van der Waals surface area contributed by atoms with E-state index in [2.05, 4.69) is 168 Å². The van der Waals surface area contributed by atoms with Crippen molar-refractivity contribution in [3.63, 3.8) is 0 Å². The number of hydrogen-bond donors (Lipinski definition) is 0. The summed E-state index contributed by atoms with van der Waals surface area (Å²) in [5.74, 6) is 1.93. The van der Waals surface area contributed by atoms with Gasteiger partial charge < -0.3 is 4.57 Å². The molecule has 0 aliphatic heterocycles. The second-order valence-corrected chi connectivity index (χ2v) is 16.5. The topological polar surface area (TPSA) is 43.6 Å². The molecule has 4 aromatic heterocycles. The number of rotatable bonds is 5. The third kappa shape index (κ3) is 5.15. The zero-order valence-corrected chi connectivity index (χ0v) is 32.1. The van der Waals surface area contributed by atoms with Gasteiger partial charge in [-0.3, -0.25) is 0 Å². The second-order valence-electron chi connectivity index (χ2n) is 14.4. The second kappa shape index (κ2) is 12.8. The Labute approximate surface area is 335 Å². The van der Waals surface area contributed by atoms with Crippen LogP contribution in [0.4, 0.5) is 0 Å². The zero-order valence-electron chi connectivity index (χ0n) is 30.4. The Morgan fingerprint density at radius 3 is 1.74 bits per heavy atom. The van der Waals surface area contributed by atoms with Crippen molar-refractivity contribution in [2.45, 2.75) is 0 Å². The van der Waals surface area contributed by atoms with Gasteiger partial charge >= 0.3 is 0 Å². The van der Waals surface area contributed by atoms with Gasteiger partial charge in [-0.15, -0.1) is 22.7 Å². The van der Waals surface area contributed by atoms with Crippen molar-refractivity contribution in [3.8, 4) is 51.0 Å². The van der Waals surface area contributed by atoms with Gasteiger partial charge in [-0.1, -0.05) is 140 Å². The molecule has 0 bridgehead atoms. The summed E-state index contributed by atoms with van der Waals surface area (Å²) >= 11 is 3.65. The van der Waals surface area contributed by atoms with E-state index in [0.29, 0.717) is 17.5 Å². The molecule has 0 amide bonds. The molecule has 4 nitrogen and oxygen atoms in total. The third-order valence-corrected chi connectivity index (χ3v) is 13.4. The van der Waals surface area contributed by atoms with Gasteiger partial charge in [0.2, 0.25) is 0 Å². The molecule has 8 aromatic carbocycles. The van der Waals surface area contributed by atoms with E-state index < -0.39 is 0 Å². The molecule has 0 aliphatic rings. The van der Waals surface area contributed by atoms with E-state index in [1.165, 1.54) is 56.6 Å². The Kier molecular flexibility index (Phi) is 7.24. The lowest BCUT2D eigenvalue weighted by atomic mass is 10.0. The van der Waals surface area contributed by atoms with Crippen LogP contribution in [0.1, 0.15) is 0 Å². The van der Waals surface area contributed by atoms with Crippen LogP contribution in [0, 0.1) is 0 Å². The van der Waals surface area contributed by atoms with Crippen LogP contribution in [0.5, 0.6) is 0 Å². The van der Waals surface area contributed by atoms with E-state index in [0.717, 1.165) is 39.0 Å². The monoisotopic (exact) mass is 762 g/mol. The molecule has 6 heteroatoms. The summed E-state index contributed by atoms with van der Waals surface area (Å²) in [4.78, 5) is 15.7. The highest BCUT2D eigenvalue weighted by molar-refractivity contribution is 7.26. The molecule has 0 unspecified atom stereocenters. The van der Waals surface area contributed by atoms with Gasteiger partial charge in [0.15, 0.2) is 17.5 Å². The fourth-order valence-corrected chi connectivity index (χ4v) is 10.8. The summed E-state index contributed by atoms with van der Waals surface area (Å²) in [6.07, 6.45) is 0. The Morgan fingerprint density at radius 1 is 0.333 bits per heavy atom. The van der Waals surface area contributed by atoms with Crippen LogP contribution in [-0.4, -0.2) is 19.5 Å². The van der Waals surface area contributed by atoms with Crippen LogP contribution in [0.15, 0.2) is 182 Å². The molecule has 0 saturated carbocycles. The van der Waals surface area contributed by atoms with Crippen molar-refractivity contribution in [2.24, 2.45) is 0 Å². The van der Waals surface area contributed by atoms with Crippen molar-refractivity contribution >= 4 is 84.8 Å². The SMILES string of the molecule is c1ccc(-c2nc(-c3ccc(-c4ccccc4)c(-n4c5ccccc5c5cc6sc7ccccc7c6cc54)c3)nc(-c3cccc4c3sc3ccccc34)n2)cc1. The van der Waals surface area contributed by atoms with Crippen molar-refractivity contribution in [3.05, 3.63) is 182 Å². The first-order valence-electron chi connectivity index (χ1n) is 19.0. The number of benzene rings is 8. The molecule has 0 radical (unpaired) electrons. The van der Waals surface area contributed by atoms with Gasteiger partial charge in [-0.2, -0.15) is 0 Å². The Bertz CT molecular complexity index is 3530. The number of nitrogens with zero attached hydrogens (tertiary/aromatic N) is 4. The van der Waals surface area contributed by atoms with Gasteiger partial charge in [0.25, 0.3) is 0 Å². The van der Waals surface area contributed by atoms with E-state index in [1.807, 2.05) is 29.5 Å². The summed E-state index contributed by atoms with van der Waals surface area (Å²) < 4.78 is 7.46. The number of aromatic nitrogens is 4. The van der Waals surface area contributed by atoms with E-state index in [1.54, 1.807) is 11.3 Å². The summed E-state index contributed by atoms with van der Waals surface area (Å²) in [6.45, 7) is 0. The summed E-state index contributed by atoms with van der Waals surface area (Å²) in [5.41, 5.74) is 8.53. The zero-order chi connectivity index (χ0) is 37.5. The molecule has 0 atom stereocenters. The van der Waals surface area contributed by atoms with E-state index >= 15 is 0 Å². The first kappa shape index (κ1) is 32.3. The summed E-state index contributed by atoms with van der Waals surface area (Å²) in [5, 5.41) is 7.48. The number of hydrogen-bond acceptors (Lipinski definition) is 5. The maximum absolute atomic E-state index is 5.31. The van der Waals surface area contributed by atoms with Crippen LogP contribution >= 0.6 is 22.7 Å². The maximum Gasteiger partial charge on any atom is 0.165 e. The quantitative estimate of drug-likeness (QED) is 0.175. The highest BCUT2D eigenvalue weighted by Crippen LogP contribution is 2.44. The predicted octanol–water partition coefficient (Wildman–Crippen LogP) is 14.4. The van der Waals surface area contributed by atoms with Crippen LogP contribution in [0.2, 0.25) is 0 Å². The van der Waals surface area contributed by atoms with Crippen LogP contribution in [0.3, 0.4) is 0 Å². The lowest BCUT2D eigenvalue weighted by molar-refractivity contribution is 1.07. The lowest BCUT2D eigenvalue weighted by Crippen LogP contribution is -2.02. The van der Waals surface area contributed by atoms with E-state index in [-0.39, 0.29) is 0 Å². The molecule has 12 aromatic rings.